The van der Waals surface area contributed by atoms with Crippen LogP contribution in [0.15, 0.2) is 42.5 Å². The van der Waals surface area contributed by atoms with E-state index in [-0.39, 0.29) is 23.3 Å². The Kier molecular flexibility index (Phi) is 5.94. The molecule has 2 aromatic carbocycles. The number of halogens is 3. The lowest BCUT2D eigenvalue weighted by atomic mass is 9.96. The molecule has 0 atom stereocenters. The number of carbonyl (C=O) groups excluding carboxylic acids is 1. The Labute approximate surface area is 182 Å². The van der Waals surface area contributed by atoms with Crippen molar-refractivity contribution in [2.75, 3.05) is 31.1 Å². The maximum absolute atomic E-state index is 13.2. The number of nitrogens with zero attached hydrogens (tertiary/aromatic N) is 3. The molecular formula is C22H22F3N3O4. The second-order valence-electron chi connectivity index (χ2n) is 7.93. The van der Waals surface area contributed by atoms with Gasteiger partial charge in [-0.25, -0.2) is 0 Å². The van der Waals surface area contributed by atoms with Crippen LogP contribution in [0.1, 0.15) is 35.2 Å². The van der Waals surface area contributed by atoms with Crippen LogP contribution in [0, 0.1) is 10.1 Å². The molecule has 4 rings (SSSR count). The number of benzene rings is 2. The van der Waals surface area contributed by atoms with Gasteiger partial charge in [-0.3, -0.25) is 14.9 Å². The van der Waals surface area contributed by atoms with Crippen molar-refractivity contribution >= 4 is 17.3 Å². The lowest BCUT2D eigenvalue weighted by molar-refractivity contribution is -0.384. The Hall–Kier alpha value is -3.30. The molecule has 1 aliphatic heterocycles. The monoisotopic (exact) mass is 449 g/mol. The number of non-ortho nitro benzene ring substituents is 1. The van der Waals surface area contributed by atoms with Crippen molar-refractivity contribution in [2.45, 2.75) is 31.5 Å². The predicted molar refractivity (Wildman–Crippen MR) is 111 cm³/mol. The van der Waals surface area contributed by atoms with Gasteiger partial charge in [0.2, 0.25) is 0 Å². The molecule has 7 nitrogen and oxygen atoms in total. The van der Waals surface area contributed by atoms with E-state index in [2.05, 4.69) is 0 Å². The Balaban J connectivity index is 1.46. The largest absolute Gasteiger partial charge is 0.490 e. The Bertz CT molecular complexity index is 998. The highest BCUT2D eigenvalue weighted by Gasteiger charge is 2.31. The third-order valence-electron chi connectivity index (χ3n) is 5.88. The van der Waals surface area contributed by atoms with Crippen molar-refractivity contribution in [3.8, 4) is 5.75 Å². The minimum absolute atomic E-state index is 0.0134. The first-order chi connectivity index (χ1) is 15.2. The van der Waals surface area contributed by atoms with Crippen LogP contribution in [0.5, 0.6) is 5.75 Å². The van der Waals surface area contributed by atoms with Gasteiger partial charge < -0.3 is 14.5 Å². The van der Waals surface area contributed by atoms with E-state index in [9.17, 15) is 28.1 Å². The van der Waals surface area contributed by atoms with Gasteiger partial charge in [-0.15, -0.1) is 0 Å². The first-order valence-electron chi connectivity index (χ1n) is 10.4. The van der Waals surface area contributed by atoms with Gasteiger partial charge in [0, 0.05) is 44.0 Å². The summed E-state index contributed by atoms with van der Waals surface area (Å²) in [7, 11) is 0. The summed E-state index contributed by atoms with van der Waals surface area (Å²) in [6.45, 7) is 1.55. The third kappa shape index (κ3) is 4.63. The average molecular weight is 449 g/mol. The minimum atomic E-state index is -4.39. The van der Waals surface area contributed by atoms with Crippen LogP contribution < -0.4 is 9.64 Å². The standard InChI is InChI=1S/C22H22F3N3O4/c23-22(24,25)15-4-6-16(7-5-15)26-10-12-27(13-11-26)21(29)19-14-17(28(30)31)8-9-20(19)32-18-2-1-3-18/h4-9,14,18H,1-3,10-13H2. The number of nitro benzene ring substituents is 1. The third-order valence-corrected chi connectivity index (χ3v) is 5.88. The van der Waals surface area contributed by atoms with Gasteiger partial charge in [-0.1, -0.05) is 0 Å². The summed E-state index contributed by atoms with van der Waals surface area (Å²) in [5.41, 5.74) is -0.0824. The van der Waals surface area contributed by atoms with Crippen LogP contribution in [0.25, 0.3) is 0 Å². The molecule has 0 spiro atoms. The van der Waals surface area contributed by atoms with Crippen LogP contribution in [0.2, 0.25) is 0 Å². The van der Waals surface area contributed by atoms with Crippen molar-refractivity contribution in [1.82, 2.24) is 4.90 Å². The normalized spacial score (nSPS) is 17.1. The maximum Gasteiger partial charge on any atom is 0.416 e. The summed E-state index contributed by atoms with van der Waals surface area (Å²) in [5.74, 6) is -0.00874. The van der Waals surface area contributed by atoms with E-state index in [1.54, 1.807) is 4.90 Å². The van der Waals surface area contributed by atoms with Crippen LogP contribution >= 0.6 is 0 Å². The molecule has 0 unspecified atom stereocenters. The number of hydrogen-bond donors (Lipinski definition) is 0. The fraction of sp³-hybridized carbons (Fsp3) is 0.409. The van der Waals surface area contributed by atoms with Gasteiger partial charge >= 0.3 is 6.18 Å². The number of hydrogen-bond acceptors (Lipinski definition) is 5. The number of piperazine rings is 1. The lowest BCUT2D eigenvalue weighted by Gasteiger charge is -2.36. The summed E-state index contributed by atoms with van der Waals surface area (Å²) in [4.78, 5) is 27.3. The molecule has 1 aliphatic carbocycles. The number of alkyl halides is 3. The summed E-state index contributed by atoms with van der Waals surface area (Å²) < 4.78 is 44.2. The number of amides is 1. The van der Waals surface area contributed by atoms with E-state index in [0.717, 1.165) is 31.4 Å². The molecule has 10 heteroatoms. The molecule has 0 aromatic heterocycles. The van der Waals surface area contributed by atoms with Gasteiger partial charge in [0.15, 0.2) is 0 Å². The van der Waals surface area contributed by atoms with Gasteiger partial charge in [0.05, 0.1) is 22.2 Å². The maximum atomic E-state index is 13.2. The SMILES string of the molecule is O=C(c1cc([N+](=O)[O-])ccc1OC1CCC1)N1CCN(c2ccc(C(F)(F)F)cc2)CC1. The number of nitro groups is 1. The first-order valence-corrected chi connectivity index (χ1v) is 10.4. The molecule has 1 amide bonds. The molecule has 1 saturated carbocycles. The topological polar surface area (TPSA) is 75.9 Å². The predicted octanol–water partition coefficient (Wildman–Crippen LogP) is 4.51. The highest BCUT2D eigenvalue weighted by atomic mass is 19.4. The summed E-state index contributed by atoms with van der Waals surface area (Å²) in [6, 6.07) is 8.98. The Morgan fingerprint density at radius 1 is 1.03 bits per heavy atom. The number of ether oxygens (including phenoxy) is 1. The second kappa shape index (κ2) is 8.68. The zero-order chi connectivity index (χ0) is 22.9. The molecule has 0 radical (unpaired) electrons. The summed E-state index contributed by atoms with van der Waals surface area (Å²) >= 11 is 0. The molecular weight excluding hydrogens is 427 g/mol. The molecule has 2 fully saturated rings. The molecule has 2 aromatic rings. The van der Waals surface area contributed by atoms with E-state index < -0.39 is 16.7 Å². The van der Waals surface area contributed by atoms with E-state index in [0.29, 0.717) is 37.6 Å². The van der Waals surface area contributed by atoms with E-state index in [4.69, 9.17) is 4.74 Å². The van der Waals surface area contributed by atoms with Crippen molar-refractivity contribution in [2.24, 2.45) is 0 Å². The number of rotatable bonds is 5. The van der Waals surface area contributed by atoms with Crippen molar-refractivity contribution in [1.29, 1.82) is 0 Å². The Morgan fingerprint density at radius 2 is 1.69 bits per heavy atom. The quantitative estimate of drug-likeness (QED) is 0.496. The van der Waals surface area contributed by atoms with Crippen molar-refractivity contribution in [3.05, 3.63) is 63.7 Å². The van der Waals surface area contributed by atoms with E-state index in [1.807, 2.05) is 4.90 Å². The van der Waals surface area contributed by atoms with Gasteiger partial charge in [0.1, 0.15) is 5.75 Å². The highest BCUT2D eigenvalue weighted by molar-refractivity contribution is 5.97. The molecule has 2 aliphatic rings. The van der Waals surface area contributed by atoms with Gasteiger partial charge in [0.25, 0.3) is 11.6 Å². The molecule has 1 heterocycles. The highest BCUT2D eigenvalue weighted by Crippen LogP contribution is 2.32. The smallest absolute Gasteiger partial charge is 0.416 e. The van der Waals surface area contributed by atoms with Gasteiger partial charge in [-0.05, 0) is 49.6 Å². The first kappa shape index (κ1) is 21.9. The minimum Gasteiger partial charge on any atom is -0.490 e. The fourth-order valence-electron chi connectivity index (χ4n) is 3.77. The van der Waals surface area contributed by atoms with Crippen LogP contribution in [0.4, 0.5) is 24.5 Å². The summed E-state index contributed by atoms with van der Waals surface area (Å²) in [5, 5.41) is 11.2. The average Bonchev–Trinajstić information content (AvgIpc) is 2.75. The van der Waals surface area contributed by atoms with Crippen LogP contribution in [-0.4, -0.2) is 48.0 Å². The van der Waals surface area contributed by atoms with Crippen LogP contribution in [-0.2, 0) is 6.18 Å². The summed E-state index contributed by atoms with van der Waals surface area (Å²) in [6.07, 6.45) is -1.56. The Morgan fingerprint density at radius 3 is 2.22 bits per heavy atom. The molecule has 32 heavy (non-hydrogen) atoms. The van der Waals surface area contributed by atoms with Crippen molar-refractivity contribution in [3.63, 3.8) is 0 Å². The molecule has 1 saturated heterocycles. The van der Waals surface area contributed by atoms with E-state index in [1.165, 1.54) is 30.3 Å². The van der Waals surface area contributed by atoms with Crippen LogP contribution in [0.3, 0.4) is 0 Å². The molecule has 0 N–H and O–H groups in total. The van der Waals surface area contributed by atoms with E-state index >= 15 is 0 Å². The lowest BCUT2D eigenvalue weighted by Crippen LogP contribution is -2.49. The van der Waals surface area contributed by atoms with Crippen molar-refractivity contribution < 1.29 is 27.6 Å². The number of anilines is 1. The zero-order valence-electron chi connectivity index (χ0n) is 17.2. The number of carbonyl (C=O) groups is 1. The zero-order valence-corrected chi connectivity index (χ0v) is 17.2. The fourth-order valence-corrected chi connectivity index (χ4v) is 3.77. The molecule has 170 valence electrons. The second-order valence-corrected chi connectivity index (χ2v) is 7.93. The molecule has 0 bridgehead atoms. The van der Waals surface area contributed by atoms with Gasteiger partial charge in [-0.2, -0.15) is 13.2 Å².